The smallest absolute Gasteiger partial charge is 0.316 e. The number of benzene rings is 1. The molecule has 1 heterocycles. The summed E-state index contributed by atoms with van der Waals surface area (Å²) >= 11 is 1.14. The molecule has 2 aromatic rings. The number of para-hydroxylation sites is 2. The molecule has 1 amide bonds. The lowest BCUT2D eigenvalue weighted by molar-refractivity contribution is -0.146. The van der Waals surface area contributed by atoms with Gasteiger partial charge in [0.1, 0.15) is 11.3 Å². The minimum atomic E-state index is -0.485. The molecule has 1 aromatic heterocycles. The molecule has 0 atom stereocenters. The third-order valence-corrected chi connectivity index (χ3v) is 4.20. The normalized spacial score (nSPS) is 12.2. The van der Waals surface area contributed by atoms with E-state index in [0.29, 0.717) is 10.8 Å². The Kier molecular flexibility index (Phi) is 6.34. The lowest BCUT2D eigenvalue weighted by Crippen LogP contribution is -2.47. The third kappa shape index (κ3) is 6.71. The maximum absolute atomic E-state index is 12.0. The monoisotopic (exact) mass is 378 g/mol. The summed E-state index contributed by atoms with van der Waals surface area (Å²) in [4.78, 5) is 28.1. The van der Waals surface area contributed by atoms with Gasteiger partial charge in [-0.2, -0.15) is 0 Å². The number of nitrogens with one attached hydrogen (secondary N) is 1. The van der Waals surface area contributed by atoms with Gasteiger partial charge >= 0.3 is 5.97 Å². The van der Waals surface area contributed by atoms with Gasteiger partial charge in [-0.3, -0.25) is 9.59 Å². The van der Waals surface area contributed by atoms with Gasteiger partial charge in [0, 0.05) is 5.54 Å². The summed E-state index contributed by atoms with van der Waals surface area (Å²) in [6.07, 6.45) is 0.813. The van der Waals surface area contributed by atoms with Gasteiger partial charge in [0.25, 0.3) is 11.1 Å². The number of thioether (sulfide) groups is 1. The van der Waals surface area contributed by atoms with Crippen molar-refractivity contribution < 1.29 is 18.7 Å². The molecule has 1 aromatic carbocycles. The number of esters is 1. The first-order chi connectivity index (χ1) is 12.0. The molecule has 0 aliphatic carbocycles. The van der Waals surface area contributed by atoms with Crippen molar-refractivity contribution in [2.24, 2.45) is 5.41 Å². The van der Waals surface area contributed by atoms with E-state index in [-0.39, 0.29) is 29.2 Å². The molecule has 6 nitrogen and oxygen atoms in total. The summed E-state index contributed by atoms with van der Waals surface area (Å²) in [6, 6.07) is 7.38. The van der Waals surface area contributed by atoms with Crippen LogP contribution in [0.4, 0.5) is 0 Å². The highest BCUT2D eigenvalue weighted by atomic mass is 32.2. The lowest BCUT2D eigenvalue weighted by Gasteiger charge is -2.33. The molecule has 0 aliphatic rings. The average molecular weight is 378 g/mol. The quantitative estimate of drug-likeness (QED) is 0.583. The van der Waals surface area contributed by atoms with Gasteiger partial charge in [-0.1, -0.05) is 44.7 Å². The highest BCUT2D eigenvalue weighted by molar-refractivity contribution is 7.99. The van der Waals surface area contributed by atoms with Crippen molar-refractivity contribution in [3.8, 4) is 0 Å². The molecule has 0 saturated carbocycles. The number of hydrogen-bond acceptors (Lipinski definition) is 6. The van der Waals surface area contributed by atoms with E-state index in [2.05, 4.69) is 31.1 Å². The van der Waals surface area contributed by atoms with Crippen LogP contribution in [0.3, 0.4) is 0 Å². The van der Waals surface area contributed by atoms with Crippen LogP contribution in [0.1, 0.15) is 41.0 Å². The summed E-state index contributed by atoms with van der Waals surface area (Å²) < 4.78 is 10.6. The Morgan fingerprint density at radius 3 is 2.54 bits per heavy atom. The maximum Gasteiger partial charge on any atom is 0.316 e. The van der Waals surface area contributed by atoms with Crippen LogP contribution in [0.25, 0.3) is 11.1 Å². The van der Waals surface area contributed by atoms with E-state index in [1.54, 1.807) is 0 Å². The Hall–Kier alpha value is -2.02. The lowest BCUT2D eigenvalue weighted by atomic mass is 9.82. The Bertz CT molecular complexity index is 744. The number of oxazole rings is 1. The summed E-state index contributed by atoms with van der Waals surface area (Å²) in [7, 11) is 0. The van der Waals surface area contributed by atoms with Crippen LogP contribution in [0, 0.1) is 5.41 Å². The summed E-state index contributed by atoms with van der Waals surface area (Å²) in [5.74, 6) is -0.758. The van der Waals surface area contributed by atoms with Gasteiger partial charge in [0.05, 0.1) is 0 Å². The van der Waals surface area contributed by atoms with E-state index < -0.39 is 5.97 Å². The molecule has 1 N–H and O–H groups in total. The number of carbonyl (C=O) groups excluding carboxylic acids is 2. The number of hydrogen-bond donors (Lipinski definition) is 1. The first-order valence-electron chi connectivity index (χ1n) is 8.49. The fourth-order valence-electron chi connectivity index (χ4n) is 3.00. The van der Waals surface area contributed by atoms with Crippen molar-refractivity contribution in [1.29, 1.82) is 0 Å². The average Bonchev–Trinajstić information content (AvgIpc) is 2.90. The topological polar surface area (TPSA) is 81.4 Å². The van der Waals surface area contributed by atoms with Gasteiger partial charge < -0.3 is 14.5 Å². The first-order valence-corrected chi connectivity index (χ1v) is 9.48. The van der Waals surface area contributed by atoms with Crippen LogP contribution >= 0.6 is 11.8 Å². The molecule has 0 aliphatic heterocycles. The van der Waals surface area contributed by atoms with E-state index >= 15 is 0 Å². The number of fused-ring (bicyclic) bond motifs is 1. The number of carbonyl (C=O) groups is 2. The zero-order chi connectivity index (χ0) is 19.4. The highest BCUT2D eigenvalue weighted by Gasteiger charge is 2.27. The molecule has 2 rings (SSSR count). The Balaban J connectivity index is 1.75. The second kappa shape index (κ2) is 8.12. The van der Waals surface area contributed by atoms with Gasteiger partial charge in [0.15, 0.2) is 12.2 Å². The molecule has 0 bridgehead atoms. The van der Waals surface area contributed by atoms with Crippen LogP contribution < -0.4 is 5.32 Å². The van der Waals surface area contributed by atoms with E-state index in [4.69, 9.17) is 9.15 Å². The minimum absolute atomic E-state index is 0.0332. The molecule has 142 valence electrons. The number of rotatable bonds is 7. The Labute approximate surface area is 158 Å². The van der Waals surface area contributed by atoms with Crippen molar-refractivity contribution in [2.75, 3.05) is 12.4 Å². The third-order valence-electron chi connectivity index (χ3n) is 3.40. The molecule has 0 spiro atoms. The number of nitrogens with zero attached hydrogens (tertiary/aromatic N) is 1. The summed E-state index contributed by atoms with van der Waals surface area (Å²) in [5, 5.41) is 3.31. The number of aromatic nitrogens is 1. The molecule has 0 fully saturated rings. The Morgan fingerprint density at radius 1 is 1.19 bits per heavy atom. The zero-order valence-corrected chi connectivity index (χ0v) is 16.7. The van der Waals surface area contributed by atoms with Gasteiger partial charge in [-0.05, 0) is 37.8 Å². The summed E-state index contributed by atoms with van der Waals surface area (Å²) in [5.41, 5.74) is 1.13. The minimum Gasteiger partial charge on any atom is -0.455 e. The number of amides is 1. The van der Waals surface area contributed by atoms with E-state index in [1.807, 2.05) is 38.1 Å². The fraction of sp³-hybridized carbons (Fsp3) is 0.526. The van der Waals surface area contributed by atoms with Crippen molar-refractivity contribution in [2.45, 2.75) is 51.8 Å². The molecule has 0 saturated heterocycles. The molecule has 0 radical (unpaired) electrons. The highest BCUT2D eigenvalue weighted by Crippen LogP contribution is 2.26. The largest absolute Gasteiger partial charge is 0.455 e. The van der Waals surface area contributed by atoms with Crippen LogP contribution in [-0.4, -0.2) is 34.8 Å². The SMILES string of the molecule is CC(C)(C)CC(C)(C)NC(=O)COC(=O)CSc1nc2ccccc2o1. The molecular weight excluding hydrogens is 352 g/mol. The van der Waals surface area contributed by atoms with E-state index in [1.165, 1.54) is 0 Å². The van der Waals surface area contributed by atoms with Crippen molar-refractivity contribution in [3.05, 3.63) is 24.3 Å². The second-order valence-electron chi connectivity index (χ2n) is 8.07. The molecule has 26 heavy (non-hydrogen) atoms. The predicted octanol–water partition coefficient (Wildman–Crippen LogP) is 3.79. The van der Waals surface area contributed by atoms with Crippen LogP contribution in [-0.2, 0) is 14.3 Å². The molecule has 7 heteroatoms. The van der Waals surface area contributed by atoms with Gasteiger partial charge in [0.2, 0.25) is 0 Å². The van der Waals surface area contributed by atoms with Crippen molar-refractivity contribution >= 4 is 34.7 Å². The number of ether oxygens (including phenoxy) is 1. The van der Waals surface area contributed by atoms with Crippen molar-refractivity contribution in [1.82, 2.24) is 10.3 Å². The first kappa shape index (κ1) is 20.3. The maximum atomic E-state index is 12.0. The molecule has 0 unspecified atom stereocenters. The van der Waals surface area contributed by atoms with Gasteiger partial charge in [-0.25, -0.2) is 4.98 Å². The van der Waals surface area contributed by atoms with Crippen molar-refractivity contribution in [3.63, 3.8) is 0 Å². The fourth-order valence-corrected chi connectivity index (χ4v) is 3.64. The van der Waals surface area contributed by atoms with E-state index in [0.717, 1.165) is 23.7 Å². The van der Waals surface area contributed by atoms with Crippen LogP contribution in [0.5, 0.6) is 0 Å². The van der Waals surface area contributed by atoms with Crippen LogP contribution in [0.2, 0.25) is 0 Å². The van der Waals surface area contributed by atoms with E-state index in [9.17, 15) is 9.59 Å². The summed E-state index contributed by atoms with van der Waals surface area (Å²) in [6.45, 7) is 9.97. The van der Waals surface area contributed by atoms with Crippen LogP contribution in [0.15, 0.2) is 33.9 Å². The second-order valence-corrected chi connectivity index (χ2v) is 8.99. The zero-order valence-electron chi connectivity index (χ0n) is 15.9. The molecular formula is C19H26N2O4S. The Morgan fingerprint density at radius 2 is 1.88 bits per heavy atom. The predicted molar refractivity (Wildman–Crippen MR) is 102 cm³/mol. The standard InChI is InChI=1S/C19H26N2O4S/c1-18(2,3)12-19(4,5)21-15(22)10-24-16(23)11-26-17-20-13-8-6-7-9-14(13)25-17/h6-9H,10-12H2,1-5H3,(H,21,22). The van der Waals surface area contributed by atoms with Gasteiger partial charge in [-0.15, -0.1) is 0 Å².